The van der Waals surface area contributed by atoms with E-state index < -0.39 is 37.1 Å². The number of imidazole rings is 1. The Kier molecular flexibility index (Phi) is 3.47. The van der Waals surface area contributed by atoms with Crippen molar-refractivity contribution >= 4 is 11.2 Å². The van der Waals surface area contributed by atoms with Crippen molar-refractivity contribution in [2.24, 2.45) is 11.5 Å². The van der Waals surface area contributed by atoms with E-state index in [4.69, 9.17) is 16.2 Å². The molecule has 0 spiro atoms. The molecule has 2 aromatic heterocycles. The van der Waals surface area contributed by atoms with Gasteiger partial charge in [0.15, 0.2) is 17.4 Å². The molecule has 0 saturated carbocycles. The summed E-state index contributed by atoms with van der Waals surface area (Å²) in [6.07, 6.45) is -0.123. The van der Waals surface area contributed by atoms with Crippen LogP contribution in [0.3, 0.4) is 0 Å². The molecular weight excluding hydrogens is 280 g/mol. The van der Waals surface area contributed by atoms with E-state index in [2.05, 4.69) is 15.0 Å². The van der Waals surface area contributed by atoms with Gasteiger partial charge in [-0.25, -0.2) is 9.97 Å². The lowest BCUT2D eigenvalue weighted by Crippen LogP contribution is -2.63. The van der Waals surface area contributed by atoms with Crippen LogP contribution in [-0.4, -0.2) is 60.6 Å². The number of aliphatic hydroxyl groups is 2. The molecule has 0 amide bonds. The topological polar surface area (TPSA) is 165 Å². The van der Waals surface area contributed by atoms with E-state index in [0.717, 1.165) is 0 Å². The smallest absolute Gasteiger partial charge is 0.278 e. The van der Waals surface area contributed by atoms with Crippen molar-refractivity contribution in [2.75, 3.05) is 6.61 Å². The number of hydrogen-bond acceptors (Lipinski definition) is 8. The minimum Gasteiger partial charge on any atom is -0.394 e. The van der Waals surface area contributed by atoms with E-state index >= 15 is 0 Å². The van der Waals surface area contributed by atoms with Gasteiger partial charge in [0.05, 0.1) is 37.4 Å². The van der Waals surface area contributed by atoms with Crippen molar-refractivity contribution in [3.8, 4) is 0 Å². The van der Waals surface area contributed by atoms with Crippen LogP contribution >= 0.6 is 0 Å². The van der Waals surface area contributed by atoms with Crippen LogP contribution in [0.1, 0.15) is 6.23 Å². The number of aromatic nitrogens is 4. The van der Waals surface area contributed by atoms with Crippen molar-refractivity contribution in [3.05, 3.63) is 23.0 Å². The minimum atomic E-state index is -1.08. The predicted octanol–water partition coefficient (Wildman–Crippen LogP) is -2.98. The Balaban J connectivity index is 2.05. The summed E-state index contributed by atoms with van der Waals surface area (Å²) < 4.78 is 7.06. The number of ether oxygens (including phenoxy) is 1. The number of aromatic amines is 1. The minimum absolute atomic E-state index is 0.147. The van der Waals surface area contributed by atoms with E-state index in [9.17, 15) is 15.0 Å². The van der Waals surface area contributed by atoms with E-state index in [1.807, 2.05) is 0 Å². The zero-order valence-corrected chi connectivity index (χ0v) is 11.0. The molecular formula is C11H16N6O4. The Morgan fingerprint density at radius 2 is 2.14 bits per heavy atom. The molecule has 21 heavy (non-hydrogen) atoms. The number of aliphatic hydroxyl groups excluding tert-OH is 2. The molecule has 1 aliphatic rings. The third-order valence-electron chi connectivity index (χ3n) is 3.68. The van der Waals surface area contributed by atoms with Crippen LogP contribution in [0.4, 0.5) is 0 Å². The average molecular weight is 296 g/mol. The van der Waals surface area contributed by atoms with Gasteiger partial charge in [-0.2, -0.15) is 0 Å². The van der Waals surface area contributed by atoms with Crippen molar-refractivity contribution in [1.29, 1.82) is 0 Å². The molecule has 2 aromatic rings. The SMILES string of the molecule is N[C@@H]1[C@@H](N)[C@H](n2cnc3c(=O)[nH]cnc32)O[C@H](CO)[C@H]1O. The zero-order chi connectivity index (χ0) is 15.1. The molecule has 1 saturated heterocycles. The Morgan fingerprint density at radius 3 is 2.86 bits per heavy atom. The van der Waals surface area contributed by atoms with E-state index in [1.165, 1.54) is 17.2 Å². The summed E-state index contributed by atoms with van der Waals surface area (Å²) in [7, 11) is 0. The molecule has 114 valence electrons. The van der Waals surface area contributed by atoms with Gasteiger partial charge in [-0.05, 0) is 0 Å². The predicted molar refractivity (Wildman–Crippen MR) is 71.1 cm³/mol. The second kappa shape index (κ2) is 5.16. The monoisotopic (exact) mass is 296 g/mol. The van der Waals surface area contributed by atoms with E-state index in [1.54, 1.807) is 0 Å². The molecule has 0 aromatic carbocycles. The third kappa shape index (κ3) is 2.13. The summed E-state index contributed by atoms with van der Waals surface area (Å²) in [6, 6.07) is -1.54. The fourth-order valence-electron chi connectivity index (χ4n) is 2.47. The van der Waals surface area contributed by atoms with Gasteiger partial charge in [0, 0.05) is 0 Å². The number of rotatable bonds is 2. The lowest BCUT2D eigenvalue weighted by molar-refractivity contribution is -0.174. The number of nitrogens with zero attached hydrogens (tertiary/aromatic N) is 3. The number of nitrogens with one attached hydrogen (secondary N) is 1. The lowest BCUT2D eigenvalue weighted by atomic mass is 9.95. The summed E-state index contributed by atoms with van der Waals surface area (Å²) in [5, 5.41) is 19.2. The Morgan fingerprint density at radius 1 is 1.38 bits per heavy atom. The summed E-state index contributed by atoms with van der Waals surface area (Å²) in [4.78, 5) is 22.1. The molecule has 5 atom stereocenters. The molecule has 3 rings (SSSR count). The quantitative estimate of drug-likeness (QED) is 0.391. The van der Waals surface area contributed by atoms with Crippen LogP contribution in [0.2, 0.25) is 0 Å². The first kappa shape index (κ1) is 14.1. The van der Waals surface area contributed by atoms with E-state index in [0.29, 0.717) is 5.65 Å². The molecule has 0 aliphatic carbocycles. The highest BCUT2D eigenvalue weighted by molar-refractivity contribution is 5.68. The van der Waals surface area contributed by atoms with Crippen molar-refractivity contribution in [1.82, 2.24) is 19.5 Å². The maximum atomic E-state index is 11.6. The van der Waals surface area contributed by atoms with Crippen LogP contribution < -0.4 is 17.0 Å². The summed E-state index contributed by atoms with van der Waals surface area (Å²) >= 11 is 0. The molecule has 1 fully saturated rings. The van der Waals surface area contributed by atoms with Crippen molar-refractivity contribution < 1.29 is 14.9 Å². The van der Waals surface area contributed by atoms with Gasteiger partial charge in [0.25, 0.3) is 5.56 Å². The van der Waals surface area contributed by atoms with Gasteiger partial charge in [-0.15, -0.1) is 0 Å². The molecule has 3 heterocycles. The van der Waals surface area contributed by atoms with Gasteiger partial charge in [-0.3, -0.25) is 9.36 Å². The maximum Gasteiger partial charge on any atom is 0.278 e. The molecule has 0 unspecified atom stereocenters. The highest BCUT2D eigenvalue weighted by atomic mass is 16.5. The molecule has 10 nitrogen and oxygen atoms in total. The molecule has 0 radical (unpaired) electrons. The number of nitrogens with two attached hydrogens (primary N) is 2. The van der Waals surface area contributed by atoms with Crippen LogP contribution in [-0.2, 0) is 4.74 Å². The Bertz CT molecular complexity index is 697. The second-order valence-electron chi connectivity index (χ2n) is 4.95. The standard InChI is InChI=1S/C11H16N6O4/c12-5-6(13)11(21-4(1-18)8(5)19)17-3-16-7-9(17)14-2-15-10(7)20/h2-6,8,11,18-19H,1,12-13H2,(H,14,15,20)/t4-,5-,6-,8-,11-/m1/s1. The van der Waals surface area contributed by atoms with Crippen molar-refractivity contribution in [3.63, 3.8) is 0 Å². The first-order valence-corrected chi connectivity index (χ1v) is 6.40. The molecule has 10 heteroatoms. The Hall–Kier alpha value is -1.85. The average Bonchev–Trinajstić information content (AvgIpc) is 2.91. The largest absolute Gasteiger partial charge is 0.394 e. The van der Waals surface area contributed by atoms with Crippen LogP contribution in [0.15, 0.2) is 17.4 Å². The molecule has 1 aliphatic heterocycles. The normalized spacial score (nSPS) is 33.4. The van der Waals surface area contributed by atoms with Gasteiger partial charge in [0.1, 0.15) is 6.10 Å². The van der Waals surface area contributed by atoms with Crippen LogP contribution in [0, 0.1) is 0 Å². The summed E-state index contributed by atoms with van der Waals surface area (Å²) in [6.45, 7) is -0.404. The van der Waals surface area contributed by atoms with Crippen LogP contribution in [0.5, 0.6) is 0 Å². The van der Waals surface area contributed by atoms with Gasteiger partial charge in [-0.1, -0.05) is 0 Å². The summed E-state index contributed by atoms with van der Waals surface area (Å²) in [5.74, 6) is 0. The number of hydrogen-bond donors (Lipinski definition) is 5. The zero-order valence-electron chi connectivity index (χ0n) is 11.0. The maximum absolute atomic E-state index is 11.6. The first-order chi connectivity index (χ1) is 10.0. The first-order valence-electron chi connectivity index (χ1n) is 6.40. The molecule has 7 N–H and O–H groups in total. The third-order valence-corrected chi connectivity index (χ3v) is 3.68. The highest BCUT2D eigenvalue weighted by Gasteiger charge is 2.42. The van der Waals surface area contributed by atoms with E-state index in [-0.39, 0.29) is 11.1 Å². The molecule has 0 bridgehead atoms. The summed E-state index contributed by atoms with van der Waals surface area (Å²) in [5.41, 5.74) is 11.9. The van der Waals surface area contributed by atoms with Crippen molar-refractivity contribution in [2.45, 2.75) is 30.5 Å². The lowest BCUT2D eigenvalue weighted by Gasteiger charge is -2.41. The second-order valence-corrected chi connectivity index (χ2v) is 4.95. The van der Waals surface area contributed by atoms with Gasteiger partial charge >= 0.3 is 0 Å². The fraction of sp³-hybridized carbons (Fsp3) is 0.545. The Labute approximate surface area is 118 Å². The number of fused-ring (bicyclic) bond motifs is 1. The fourth-order valence-corrected chi connectivity index (χ4v) is 2.47. The van der Waals surface area contributed by atoms with Crippen LogP contribution in [0.25, 0.3) is 11.2 Å². The highest BCUT2D eigenvalue weighted by Crippen LogP contribution is 2.27. The van der Waals surface area contributed by atoms with Gasteiger partial charge in [0.2, 0.25) is 0 Å². The van der Waals surface area contributed by atoms with Gasteiger partial charge < -0.3 is 31.4 Å². The number of H-pyrrole nitrogens is 1.